The minimum atomic E-state index is -0.366. The number of aromatic nitrogens is 3. The molecule has 2 heterocycles. The number of para-hydroxylation sites is 1. The average Bonchev–Trinajstić information content (AvgIpc) is 3.06. The highest BCUT2D eigenvalue weighted by atomic mass is 35.5. The molecular formula is C21H20Cl2N4. The van der Waals surface area contributed by atoms with Crippen LogP contribution in [0.15, 0.2) is 67.0 Å². The number of pyridine rings is 1. The Labute approximate surface area is 169 Å². The maximum atomic E-state index is 6.58. The van der Waals surface area contributed by atoms with E-state index in [0.29, 0.717) is 0 Å². The van der Waals surface area contributed by atoms with Crippen molar-refractivity contribution in [3.8, 4) is 5.69 Å². The van der Waals surface area contributed by atoms with E-state index in [-0.39, 0.29) is 18.4 Å². The van der Waals surface area contributed by atoms with Crippen LogP contribution >= 0.6 is 24.0 Å². The van der Waals surface area contributed by atoms with Crippen molar-refractivity contribution < 1.29 is 0 Å². The van der Waals surface area contributed by atoms with Gasteiger partial charge in [-0.25, -0.2) is 4.98 Å². The molecule has 0 saturated carbocycles. The fraction of sp³-hybridized carbons (Fsp3) is 0.143. The number of hydrogen-bond acceptors (Lipinski definition) is 3. The summed E-state index contributed by atoms with van der Waals surface area (Å²) >= 11 is 6.42. The fourth-order valence-corrected chi connectivity index (χ4v) is 3.50. The van der Waals surface area contributed by atoms with E-state index in [4.69, 9.17) is 22.3 Å². The minimum Gasteiger partial charge on any atom is -0.318 e. The van der Waals surface area contributed by atoms with Gasteiger partial charge in [0.25, 0.3) is 0 Å². The number of fused-ring (bicyclic) bond motifs is 1. The second kappa shape index (κ2) is 8.09. The number of hydrogen-bond donors (Lipinski definition) is 1. The average molecular weight is 399 g/mol. The molecule has 138 valence electrons. The highest BCUT2D eigenvalue weighted by molar-refractivity contribution is 6.32. The lowest BCUT2D eigenvalue weighted by Crippen LogP contribution is -2.17. The molecule has 4 aromatic rings. The molecule has 0 aliphatic carbocycles. The van der Waals surface area contributed by atoms with E-state index in [2.05, 4.69) is 34.7 Å². The van der Waals surface area contributed by atoms with Crippen LogP contribution < -0.4 is 5.73 Å². The lowest BCUT2D eigenvalue weighted by molar-refractivity contribution is 0.765. The van der Waals surface area contributed by atoms with Crippen LogP contribution in [0, 0.1) is 0 Å². The zero-order valence-electron chi connectivity index (χ0n) is 14.8. The van der Waals surface area contributed by atoms with Crippen molar-refractivity contribution in [1.82, 2.24) is 14.5 Å². The quantitative estimate of drug-likeness (QED) is 0.519. The molecule has 0 aliphatic rings. The van der Waals surface area contributed by atoms with Gasteiger partial charge in [-0.3, -0.25) is 9.55 Å². The van der Waals surface area contributed by atoms with Crippen molar-refractivity contribution in [2.45, 2.75) is 19.4 Å². The zero-order valence-corrected chi connectivity index (χ0v) is 16.4. The van der Waals surface area contributed by atoms with Crippen LogP contribution in [0.4, 0.5) is 0 Å². The molecule has 0 radical (unpaired) electrons. The topological polar surface area (TPSA) is 56.7 Å². The van der Waals surface area contributed by atoms with Crippen molar-refractivity contribution in [1.29, 1.82) is 0 Å². The maximum Gasteiger partial charge on any atom is 0.136 e. The molecular weight excluding hydrogens is 379 g/mol. The molecule has 6 heteroatoms. The smallest absolute Gasteiger partial charge is 0.136 e. The Balaban J connectivity index is 0.00000210. The van der Waals surface area contributed by atoms with Crippen LogP contribution in [0.25, 0.3) is 16.7 Å². The number of imidazole rings is 1. The summed E-state index contributed by atoms with van der Waals surface area (Å²) in [5, 5.41) is 0.738. The van der Waals surface area contributed by atoms with E-state index in [1.807, 2.05) is 36.4 Å². The Hall–Kier alpha value is -2.40. The molecule has 0 aliphatic heterocycles. The number of aryl methyl sites for hydroxylation is 1. The second-order valence-electron chi connectivity index (χ2n) is 6.19. The molecule has 2 N–H and O–H groups in total. The number of nitrogens with two attached hydrogens (primary N) is 1. The van der Waals surface area contributed by atoms with Gasteiger partial charge < -0.3 is 5.73 Å². The molecule has 0 bridgehead atoms. The first-order chi connectivity index (χ1) is 12.7. The second-order valence-corrected chi connectivity index (χ2v) is 6.59. The lowest BCUT2D eigenvalue weighted by atomic mass is 10.1. The molecule has 0 saturated heterocycles. The van der Waals surface area contributed by atoms with E-state index in [1.165, 1.54) is 0 Å². The predicted molar refractivity (Wildman–Crippen MR) is 113 cm³/mol. The molecule has 0 amide bonds. The summed E-state index contributed by atoms with van der Waals surface area (Å²) in [5.74, 6) is 0.779. The molecule has 4 rings (SSSR count). The normalized spacial score (nSPS) is 12.0. The number of benzene rings is 2. The number of rotatable bonds is 4. The van der Waals surface area contributed by atoms with Gasteiger partial charge in [-0.15, -0.1) is 12.4 Å². The van der Waals surface area contributed by atoms with Gasteiger partial charge in [0.15, 0.2) is 0 Å². The lowest BCUT2D eigenvalue weighted by Gasteiger charge is -2.15. The zero-order chi connectivity index (χ0) is 18.1. The van der Waals surface area contributed by atoms with E-state index >= 15 is 0 Å². The van der Waals surface area contributed by atoms with E-state index in [0.717, 1.165) is 45.1 Å². The molecule has 27 heavy (non-hydrogen) atoms. The van der Waals surface area contributed by atoms with E-state index in [9.17, 15) is 0 Å². The van der Waals surface area contributed by atoms with Crippen LogP contribution in [-0.2, 0) is 6.42 Å². The van der Waals surface area contributed by atoms with E-state index in [1.54, 1.807) is 12.4 Å². The summed E-state index contributed by atoms with van der Waals surface area (Å²) in [6, 6.07) is 17.7. The Kier molecular flexibility index (Phi) is 5.80. The third kappa shape index (κ3) is 3.56. The highest BCUT2D eigenvalue weighted by Gasteiger charge is 2.20. The Morgan fingerprint density at radius 1 is 1.07 bits per heavy atom. The van der Waals surface area contributed by atoms with Crippen LogP contribution in [0.5, 0.6) is 0 Å². The van der Waals surface area contributed by atoms with Crippen molar-refractivity contribution in [3.63, 3.8) is 0 Å². The molecule has 0 spiro atoms. The first-order valence-corrected chi connectivity index (χ1v) is 8.98. The maximum absolute atomic E-state index is 6.58. The first kappa shape index (κ1) is 19.4. The number of halogens is 2. The molecule has 1 atom stereocenters. The van der Waals surface area contributed by atoms with Gasteiger partial charge in [0, 0.05) is 23.1 Å². The van der Waals surface area contributed by atoms with Gasteiger partial charge >= 0.3 is 0 Å². The van der Waals surface area contributed by atoms with Gasteiger partial charge in [-0.1, -0.05) is 36.7 Å². The van der Waals surface area contributed by atoms with E-state index < -0.39 is 0 Å². The summed E-state index contributed by atoms with van der Waals surface area (Å²) in [6.07, 6.45) is 4.36. The molecule has 1 unspecified atom stereocenters. The third-order valence-electron chi connectivity index (χ3n) is 4.59. The van der Waals surface area contributed by atoms with Crippen LogP contribution in [0.1, 0.15) is 29.9 Å². The summed E-state index contributed by atoms with van der Waals surface area (Å²) < 4.78 is 2.12. The van der Waals surface area contributed by atoms with Gasteiger partial charge in [-0.05, 0) is 53.9 Å². The van der Waals surface area contributed by atoms with Crippen LogP contribution in [0.3, 0.4) is 0 Å². The largest absolute Gasteiger partial charge is 0.318 e. The van der Waals surface area contributed by atoms with Crippen LogP contribution in [0.2, 0.25) is 5.02 Å². The highest BCUT2D eigenvalue weighted by Crippen LogP contribution is 2.31. The molecule has 2 aromatic heterocycles. The van der Waals surface area contributed by atoms with Gasteiger partial charge in [-0.2, -0.15) is 0 Å². The summed E-state index contributed by atoms with van der Waals surface area (Å²) in [6.45, 7) is 2.10. The first-order valence-electron chi connectivity index (χ1n) is 8.60. The monoisotopic (exact) mass is 398 g/mol. The molecule has 0 fully saturated rings. The van der Waals surface area contributed by atoms with Crippen molar-refractivity contribution in [3.05, 3.63) is 89.0 Å². The van der Waals surface area contributed by atoms with Crippen molar-refractivity contribution in [2.24, 2.45) is 5.73 Å². The SMILES string of the molecule is CCc1cc2c(cc1Cl)nc(C(N)c1ccncc1)n2-c1ccccc1.Cl. The summed E-state index contributed by atoms with van der Waals surface area (Å²) in [7, 11) is 0. The van der Waals surface area contributed by atoms with Gasteiger partial charge in [0.1, 0.15) is 5.82 Å². The van der Waals surface area contributed by atoms with Crippen molar-refractivity contribution >= 4 is 35.0 Å². The van der Waals surface area contributed by atoms with Gasteiger partial charge in [0.05, 0.1) is 17.1 Å². The minimum absolute atomic E-state index is 0. The third-order valence-corrected chi connectivity index (χ3v) is 4.94. The number of nitrogens with zero attached hydrogens (tertiary/aromatic N) is 3. The van der Waals surface area contributed by atoms with Crippen molar-refractivity contribution in [2.75, 3.05) is 0 Å². The summed E-state index contributed by atoms with van der Waals surface area (Å²) in [4.78, 5) is 8.91. The Morgan fingerprint density at radius 2 is 1.78 bits per heavy atom. The molecule has 2 aromatic carbocycles. The standard InChI is InChI=1S/C21H19ClN4.ClH/c1-2-14-12-19-18(13-17(14)22)25-21(20(23)15-8-10-24-11-9-15)26(19)16-6-4-3-5-7-16;/h3-13,20H,2,23H2,1H3;1H. The Bertz CT molecular complexity index is 1050. The Morgan fingerprint density at radius 3 is 2.44 bits per heavy atom. The fourth-order valence-electron chi connectivity index (χ4n) is 3.21. The molecule has 4 nitrogen and oxygen atoms in total. The van der Waals surface area contributed by atoms with Gasteiger partial charge in [0.2, 0.25) is 0 Å². The summed E-state index contributed by atoms with van der Waals surface area (Å²) in [5.41, 5.74) is 11.5. The van der Waals surface area contributed by atoms with Crippen LogP contribution in [-0.4, -0.2) is 14.5 Å². The predicted octanol–water partition coefficient (Wildman–Crippen LogP) is 5.11.